The lowest BCUT2D eigenvalue weighted by Gasteiger charge is -2.31. The third kappa shape index (κ3) is 7.42. The molecular weight excluding hydrogens is 699 g/mol. The van der Waals surface area contributed by atoms with Crippen molar-refractivity contribution in [1.29, 1.82) is 5.26 Å². The lowest BCUT2D eigenvalue weighted by molar-refractivity contribution is -0.137. The van der Waals surface area contributed by atoms with E-state index in [2.05, 4.69) is 0 Å². The van der Waals surface area contributed by atoms with Crippen molar-refractivity contribution in [3.63, 3.8) is 0 Å². The number of carboxylic acid groups (broad SMARTS) is 2. The maximum absolute atomic E-state index is 14.5. The highest BCUT2D eigenvalue weighted by molar-refractivity contribution is 7.93. The van der Waals surface area contributed by atoms with Crippen molar-refractivity contribution >= 4 is 54.1 Å². The van der Waals surface area contributed by atoms with E-state index in [1.54, 1.807) is 12.1 Å². The molecule has 0 aliphatic heterocycles. The maximum Gasteiger partial charge on any atom is 0.324 e. The summed E-state index contributed by atoms with van der Waals surface area (Å²) in [4.78, 5) is 23.8. The van der Waals surface area contributed by atoms with Gasteiger partial charge in [-0.2, -0.15) is 5.26 Å². The summed E-state index contributed by atoms with van der Waals surface area (Å²) >= 11 is 0. The van der Waals surface area contributed by atoms with Gasteiger partial charge in [0.1, 0.15) is 18.0 Å². The summed E-state index contributed by atoms with van der Waals surface area (Å²) in [5.41, 5.74) is 0.652. The molecule has 0 radical (unpaired) electrons. The zero-order valence-electron chi connectivity index (χ0n) is 27.3. The lowest BCUT2D eigenvalue weighted by Crippen LogP contribution is -2.36. The molecule has 2 N–H and O–H groups in total. The van der Waals surface area contributed by atoms with Crippen LogP contribution in [0, 0.1) is 11.3 Å². The van der Waals surface area contributed by atoms with Gasteiger partial charge < -0.3 is 19.7 Å². The average Bonchev–Trinajstić information content (AvgIpc) is 3.13. The molecule has 5 aromatic carbocycles. The van der Waals surface area contributed by atoms with E-state index in [0.29, 0.717) is 17.1 Å². The Hall–Kier alpha value is -6.11. The van der Waals surface area contributed by atoms with Crippen molar-refractivity contribution in [2.75, 3.05) is 35.9 Å². The highest BCUT2D eigenvalue weighted by atomic mass is 32.2. The van der Waals surface area contributed by atoms with Crippen LogP contribution >= 0.6 is 0 Å². The fourth-order valence-corrected chi connectivity index (χ4v) is 8.41. The number of hydrogen-bond donors (Lipinski definition) is 2. The van der Waals surface area contributed by atoms with Crippen molar-refractivity contribution in [2.24, 2.45) is 0 Å². The Morgan fingerprint density at radius 2 is 1.22 bits per heavy atom. The summed E-state index contributed by atoms with van der Waals surface area (Å²) in [5, 5.41) is 29.5. The molecule has 0 spiro atoms. The molecule has 5 aromatic rings. The Morgan fingerprint density at radius 3 is 1.69 bits per heavy atom. The van der Waals surface area contributed by atoms with Gasteiger partial charge >= 0.3 is 11.9 Å². The molecule has 0 amide bonds. The number of rotatable bonds is 14. The molecule has 0 aliphatic rings. The van der Waals surface area contributed by atoms with Gasteiger partial charge in [0.05, 0.1) is 53.4 Å². The first kappa shape index (κ1) is 36.2. The molecule has 13 nitrogen and oxygen atoms in total. The first-order chi connectivity index (χ1) is 24.3. The van der Waals surface area contributed by atoms with E-state index < -0.39 is 51.5 Å². The van der Waals surface area contributed by atoms with E-state index in [9.17, 15) is 41.9 Å². The highest BCUT2D eigenvalue weighted by Gasteiger charge is 2.34. The van der Waals surface area contributed by atoms with Crippen LogP contribution in [0.25, 0.3) is 21.9 Å². The number of sulfonamides is 2. The summed E-state index contributed by atoms with van der Waals surface area (Å²) in [6.07, 6.45) is -0.602. The van der Waals surface area contributed by atoms with Gasteiger partial charge in [-0.25, -0.2) is 16.8 Å². The van der Waals surface area contributed by atoms with Crippen LogP contribution in [0.2, 0.25) is 0 Å². The van der Waals surface area contributed by atoms with Crippen LogP contribution in [-0.2, 0) is 29.6 Å². The van der Waals surface area contributed by atoms with Gasteiger partial charge in [-0.1, -0.05) is 36.4 Å². The van der Waals surface area contributed by atoms with Crippen LogP contribution in [0.3, 0.4) is 0 Å². The standard InChI is InChI=1S/C36H31N3O10S2/c1-48-26-11-15-28(16-12-26)50(44,45)38(20-19-34(40)41)36-31-6-4-3-5-30(31)33(21-32(36)25-9-7-24(22-37)8-10-25)39(23-35(42)43)51(46,47)29-17-13-27(49-2)14-18-29/h3-18,21H,19-20,23H2,1-2H3,(H,40,41)(H,42,43). The van der Waals surface area contributed by atoms with Crippen molar-refractivity contribution in [2.45, 2.75) is 16.2 Å². The number of hydrogen-bond acceptors (Lipinski definition) is 9. The quantitative estimate of drug-likeness (QED) is 0.150. The average molecular weight is 730 g/mol. The second kappa shape index (κ2) is 14.8. The first-order valence-corrected chi connectivity index (χ1v) is 18.0. The molecule has 0 bridgehead atoms. The number of ether oxygens (including phenoxy) is 2. The van der Waals surface area contributed by atoms with E-state index in [0.717, 1.165) is 8.61 Å². The van der Waals surface area contributed by atoms with E-state index in [4.69, 9.17) is 9.47 Å². The highest BCUT2D eigenvalue weighted by Crippen LogP contribution is 2.45. The summed E-state index contributed by atoms with van der Waals surface area (Å²) in [6, 6.07) is 26.5. The number of methoxy groups -OCH3 is 2. The maximum atomic E-state index is 14.5. The zero-order valence-corrected chi connectivity index (χ0v) is 28.9. The number of anilines is 2. The molecule has 0 saturated carbocycles. The van der Waals surface area contributed by atoms with Crippen LogP contribution in [0.4, 0.5) is 11.4 Å². The largest absolute Gasteiger partial charge is 0.497 e. The number of carbonyl (C=O) groups is 2. The first-order valence-electron chi connectivity index (χ1n) is 15.1. The third-order valence-corrected chi connectivity index (χ3v) is 11.5. The smallest absolute Gasteiger partial charge is 0.324 e. The monoisotopic (exact) mass is 729 g/mol. The van der Waals surface area contributed by atoms with E-state index in [-0.39, 0.29) is 43.1 Å². The molecule has 0 fully saturated rings. The number of aliphatic carboxylic acids is 2. The zero-order chi connectivity index (χ0) is 36.9. The molecule has 0 atom stereocenters. The number of benzene rings is 5. The van der Waals surface area contributed by atoms with E-state index in [1.165, 1.54) is 105 Å². The topological polar surface area (TPSA) is 192 Å². The van der Waals surface area contributed by atoms with Crippen molar-refractivity contribution < 1.29 is 46.1 Å². The van der Waals surface area contributed by atoms with Crippen LogP contribution in [0.5, 0.6) is 11.5 Å². The molecule has 51 heavy (non-hydrogen) atoms. The van der Waals surface area contributed by atoms with Gasteiger partial charge in [0.25, 0.3) is 20.0 Å². The second-order valence-corrected chi connectivity index (χ2v) is 14.7. The van der Waals surface area contributed by atoms with Crippen LogP contribution in [0.1, 0.15) is 12.0 Å². The molecular formula is C36H31N3O10S2. The Kier molecular flexibility index (Phi) is 10.5. The number of carboxylic acids is 2. The van der Waals surface area contributed by atoms with Crippen LogP contribution in [0.15, 0.2) is 113 Å². The Bertz CT molecular complexity index is 2360. The van der Waals surface area contributed by atoms with Gasteiger partial charge in [0.15, 0.2) is 0 Å². The SMILES string of the molecule is COc1ccc(S(=O)(=O)N(CC(=O)O)c2cc(-c3ccc(C#N)cc3)c(N(CCC(=O)O)S(=O)(=O)c3ccc(OC)cc3)c3ccccc23)cc1. The predicted octanol–water partition coefficient (Wildman–Crippen LogP) is 5.35. The fourth-order valence-electron chi connectivity index (χ4n) is 5.48. The lowest BCUT2D eigenvalue weighted by atomic mass is 9.96. The molecule has 0 aliphatic carbocycles. The Balaban J connectivity index is 1.88. The Labute approximate surface area is 294 Å². The van der Waals surface area contributed by atoms with Gasteiger partial charge in [0, 0.05) is 22.9 Å². The second-order valence-electron chi connectivity index (χ2n) is 11.0. The number of nitriles is 1. The van der Waals surface area contributed by atoms with Gasteiger partial charge in [0.2, 0.25) is 0 Å². The molecule has 0 aromatic heterocycles. The van der Waals surface area contributed by atoms with Crippen molar-refractivity contribution in [3.05, 3.63) is 109 Å². The minimum atomic E-state index is -4.58. The minimum absolute atomic E-state index is 0.00764. The molecule has 15 heteroatoms. The fraction of sp³-hybridized carbons (Fsp3) is 0.139. The predicted molar refractivity (Wildman–Crippen MR) is 189 cm³/mol. The summed E-state index contributed by atoms with van der Waals surface area (Å²) in [7, 11) is -6.26. The molecule has 0 heterocycles. The summed E-state index contributed by atoms with van der Waals surface area (Å²) < 4.78 is 69.5. The summed E-state index contributed by atoms with van der Waals surface area (Å²) in [6.45, 7) is -1.53. The molecule has 0 unspecified atom stereocenters. The van der Waals surface area contributed by atoms with Crippen molar-refractivity contribution in [3.8, 4) is 28.7 Å². The van der Waals surface area contributed by atoms with Crippen molar-refractivity contribution in [1.82, 2.24) is 0 Å². The van der Waals surface area contributed by atoms with Gasteiger partial charge in [-0.15, -0.1) is 0 Å². The minimum Gasteiger partial charge on any atom is -0.497 e. The van der Waals surface area contributed by atoms with Gasteiger partial charge in [-0.3, -0.25) is 18.2 Å². The van der Waals surface area contributed by atoms with Crippen LogP contribution < -0.4 is 18.1 Å². The molecule has 0 saturated heterocycles. The van der Waals surface area contributed by atoms with E-state index >= 15 is 0 Å². The number of fused-ring (bicyclic) bond motifs is 1. The van der Waals surface area contributed by atoms with E-state index in [1.807, 2.05) is 6.07 Å². The van der Waals surface area contributed by atoms with Crippen LogP contribution in [-0.4, -0.2) is 66.3 Å². The Morgan fingerprint density at radius 1 is 0.706 bits per heavy atom. The molecule has 5 rings (SSSR count). The summed E-state index contributed by atoms with van der Waals surface area (Å²) in [5.74, 6) is -1.99. The van der Waals surface area contributed by atoms with Gasteiger partial charge in [-0.05, 0) is 72.3 Å². The normalized spacial score (nSPS) is 11.4. The third-order valence-electron chi connectivity index (χ3n) is 7.94. The molecule has 262 valence electrons. The number of nitrogens with zero attached hydrogens (tertiary/aromatic N) is 3.